The van der Waals surface area contributed by atoms with Gasteiger partial charge in [0, 0.05) is 66.8 Å². The predicted octanol–water partition coefficient (Wildman–Crippen LogP) is 3.69. The van der Waals surface area contributed by atoms with E-state index in [1.54, 1.807) is 42.9 Å². The van der Waals surface area contributed by atoms with E-state index in [4.69, 9.17) is 4.98 Å². The molecule has 7 nitrogen and oxygen atoms in total. The van der Waals surface area contributed by atoms with E-state index in [1.807, 2.05) is 25.3 Å². The van der Waals surface area contributed by atoms with Crippen LogP contribution in [0.3, 0.4) is 0 Å². The predicted molar refractivity (Wildman–Crippen MR) is 122 cm³/mol. The Hall–Kier alpha value is -3.01. The van der Waals surface area contributed by atoms with Gasteiger partial charge in [-0.2, -0.15) is 0 Å². The van der Waals surface area contributed by atoms with E-state index in [9.17, 15) is 8.42 Å². The number of sulfone groups is 1. The van der Waals surface area contributed by atoms with Crippen LogP contribution in [-0.4, -0.2) is 39.8 Å². The van der Waals surface area contributed by atoms with Crippen molar-refractivity contribution in [3.8, 4) is 11.4 Å². The highest BCUT2D eigenvalue weighted by Crippen LogP contribution is 2.28. The summed E-state index contributed by atoms with van der Waals surface area (Å²) in [6, 6.07) is 10.7. The Bertz CT molecular complexity index is 1350. The van der Waals surface area contributed by atoms with Crippen LogP contribution >= 0.6 is 11.3 Å². The van der Waals surface area contributed by atoms with Crippen LogP contribution in [0.25, 0.3) is 11.4 Å². The lowest BCUT2D eigenvalue weighted by Gasteiger charge is -2.27. The quantitative estimate of drug-likeness (QED) is 0.446. The third kappa shape index (κ3) is 4.19. The minimum Gasteiger partial charge on any atom is -0.293 e. The zero-order chi connectivity index (χ0) is 22.1. The zero-order valence-electron chi connectivity index (χ0n) is 17.5. The Balaban J connectivity index is 1.30. The SMILES string of the molecule is Cc1ccc(S(=O)(=O)c2ncc(CN3CCc4nc(-c5ccncc5)ncc4C3)s2)cc1. The highest BCUT2D eigenvalue weighted by Gasteiger charge is 2.24. The van der Waals surface area contributed by atoms with Crippen LogP contribution < -0.4 is 0 Å². The number of pyridine rings is 1. The third-order valence-electron chi connectivity index (χ3n) is 5.42. The molecule has 0 saturated carbocycles. The molecule has 1 aliphatic rings. The standard InChI is InChI=1S/C23H21N5O2S2/c1-16-2-4-20(5-3-16)32(29,30)23-26-13-19(31-23)15-28-11-8-21-18(14-28)12-25-22(27-21)17-6-9-24-10-7-17/h2-7,9-10,12-13H,8,11,14-15H2,1H3. The van der Waals surface area contributed by atoms with Crippen molar-refractivity contribution >= 4 is 21.2 Å². The van der Waals surface area contributed by atoms with Crippen LogP contribution in [0.15, 0.2) is 70.4 Å². The van der Waals surface area contributed by atoms with Crippen molar-refractivity contribution in [1.29, 1.82) is 0 Å². The second kappa shape index (κ2) is 8.50. The van der Waals surface area contributed by atoms with Crippen LogP contribution in [0.1, 0.15) is 21.7 Å². The van der Waals surface area contributed by atoms with Gasteiger partial charge in [-0.3, -0.25) is 9.88 Å². The molecule has 5 rings (SSSR count). The van der Waals surface area contributed by atoms with Gasteiger partial charge in [-0.25, -0.2) is 23.4 Å². The lowest BCUT2D eigenvalue weighted by molar-refractivity contribution is 0.245. The van der Waals surface area contributed by atoms with Crippen molar-refractivity contribution in [3.63, 3.8) is 0 Å². The fraction of sp³-hybridized carbons (Fsp3) is 0.217. The fourth-order valence-corrected chi connectivity index (χ4v) is 6.29. The number of nitrogens with zero attached hydrogens (tertiary/aromatic N) is 5. The molecule has 0 radical (unpaired) electrons. The van der Waals surface area contributed by atoms with E-state index in [0.717, 1.165) is 46.8 Å². The maximum atomic E-state index is 12.9. The number of benzene rings is 1. The topological polar surface area (TPSA) is 88.9 Å². The first-order valence-electron chi connectivity index (χ1n) is 10.2. The first-order valence-corrected chi connectivity index (χ1v) is 12.5. The molecule has 3 aromatic heterocycles. The second-order valence-electron chi connectivity index (χ2n) is 7.77. The van der Waals surface area contributed by atoms with Gasteiger partial charge >= 0.3 is 0 Å². The van der Waals surface area contributed by atoms with Crippen molar-refractivity contribution in [2.24, 2.45) is 0 Å². The van der Waals surface area contributed by atoms with Gasteiger partial charge in [0.05, 0.1) is 10.6 Å². The molecule has 0 aliphatic carbocycles. The number of rotatable bonds is 5. The Kier molecular flexibility index (Phi) is 5.54. The van der Waals surface area contributed by atoms with E-state index in [1.165, 1.54) is 11.3 Å². The molecule has 0 fully saturated rings. The molecule has 1 aliphatic heterocycles. The van der Waals surface area contributed by atoms with Crippen LogP contribution in [0.5, 0.6) is 0 Å². The first kappa shape index (κ1) is 20.9. The average Bonchev–Trinajstić information content (AvgIpc) is 3.29. The first-order chi connectivity index (χ1) is 15.5. The van der Waals surface area contributed by atoms with Crippen LogP contribution in [0.2, 0.25) is 0 Å². The molecule has 1 aromatic carbocycles. The monoisotopic (exact) mass is 463 g/mol. The summed E-state index contributed by atoms with van der Waals surface area (Å²) >= 11 is 1.24. The Morgan fingerprint density at radius 1 is 1.03 bits per heavy atom. The largest absolute Gasteiger partial charge is 0.293 e. The van der Waals surface area contributed by atoms with Gasteiger partial charge in [0.1, 0.15) is 0 Å². The van der Waals surface area contributed by atoms with E-state index in [2.05, 4.69) is 19.9 Å². The molecule has 0 bridgehead atoms. The van der Waals surface area contributed by atoms with Crippen molar-refractivity contribution in [1.82, 2.24) is 24.8 Å². The summed E-state index contributed by atoms with van der Waals surface area (Å²) in [5.41, 5.74) is 4.14. The molecule has 0 saturated heterocycles. The minimum atomic E-state index is -3.59. The lowest BCUT2D eigenvalue weighted by Crippen LogP contribution is -2.30. The Morgan fingerprint density at radius 2 is 1.81 bits per heavy atom. The average molecular weight is 464 g/mol. The van der Waals surface area contributed by atoms with E-state index in [-0.39, 0.29) is 9.24 Å². The smallest absolute Gasteiger partial charge is 0.233 e. The van der Waals surface area contributed by atoms with Gasteiger partial charge in [0.15, 0.2) is 5.82 Å². The number of aromatic nitrogens is 4. The van der Waals surface area contributed by atoms with Gasteiger partial charge < -0.3 is 0 Å². The summed E-state index contributed by atoms with van der Waals surface area (Å²) in [6.07, 6.45) is 7.86. The summed E-state index contributed by atoms with van der Waals surface area (Å²) in [5.74, 6) is 0.716. The number of hydrogen-bond acceptors (Lipinski definition) is 8. The Morgan fingerprint density at radius 3 is 2.59 bits per heavy atom. The molecule has 4 heterocycles. The summed E-state index contributed by atoms with van der Waals surface area (Å²) < 4.78 is 25.9. The normalized spacial score (nSPS) is 14.3. The molecule has 0 unspecified atom stereocenters. The van der Waals surface area contributed by atoms with E-state index < -0.39 is 9.84 Å². The molecule has 4 aromatic rings. The second-order valence-corrected chi connectivity index (χ2v) is 11.0. The summed E-state index contributed by atoms with van der Waals surface area (Å²) in [5, 5.41) is 0. The molecule has 32 heavy (non-hydrogen) atoms. The number of fused-ring (bicyclic) bond motifs is 1. The van der Waals surface area contributed by atoms with E-state index in [0.29, 0.717) is 12.4 Å². The molecule has 0 spiro atoms. The van der Waals surface area contributed by atoms with Gasteiger partial charge in [-0.1, -0.05) is 17.7 Å². The zero-order valence-corrected chi connectivity index (χ0v) is 19.1. The van der Waals surface area contributed by atoms with Crippen LogP contribution in [0.4, 0.5) is 0 Å². The van der Waals surface area contributed by atoms with Crippen molar-refractivity contribution < 1.29 is 8.42 Å². The molecule has 0 atom stereocenters. The highest BCUT2D eigenvalue weighted by atomic mass is 32.2. The van der Waals surface area contributed by atoms with Gasteiger partial charge in [-0.15, -0.1) is 11.3 Å². The van der Waals surface area contributed by atoms with Gasteiger partial charge in [0.25, 0.3) is 0 Å². The number of thiazole rings is 1. The van der Waals surface area contributed by atoms with Gasteiger partial charge in [0.2, 0.25) is 14.2 Å². The summed E-state index contributed by atoms with van der Waals surface area (Å²) in [4.78, 5) is 21.0. The molecule has 0 N–H and O–H groups in total. The lowest BCUT2D eigenvalue weighted by atomic mass is 10.1. The van der Waals surface area contributed by atoms with Crippen LogP contribution in [0, 0.1) is 6.92 Å². The van der Waals surface area contributed by atoms with Crippen LogP contribution in [-0.2, 0) is 29.3 Å². The van der Waals surface area contributed by atoms with Crippen molar-refractivity contribution in [3.05, 3.63) is 82.9 Å². The molecule has 9 heteroatoms. The summed E-state index contributed by atoms with van der Waals surface area (Å²) in [6.45, 7) is 4.15. The molecule has 162 valence electrons. The molecular weight excluding hydrogens is 442 g/mol. The molecule has 0 amide bonds. The number of hydrogen-bond donors (Lipinski definition) is 0. The summed E-state index contributed by atoms with van der Waals surface area (Å²) in [7, 11) is -3.59. The fourth-order valence-electron chi connectivity index (χ4n) is 3.68. The molecular formula is C23H21N5O2S2. The maximum absolute atomic E-state index is 12.9. The van der Waals surface area contributed by atoms with Crippen molar-refractivity contribution in [2.45, 2.75) is 35.7 Å². The highest BCUT2D eigenvalue weighted by molar-refractivity contribution is 7.93. The maximum Gasteiger partial charge on any atom is 0.233 e. The van der Waals surface area contributed by atoms with Gasteiger partial charge in [-0.05, 0) is 31.2 Å². The minimum absolute atomic E-state index is 0.138. The third-order valence-corrected chi connectivity index (χ3v) is 8.57. The Labute approximate surface area is 190 Å². The number of aryl methyl sites for hydroxylation is 1. The van der Waals surface area contributed by atoms with Crippen molar-refractivity contribution in [2.75, 3.05) is 6.54 Å². The van der Waals surface area contributed by atoms with E-state index >= 15 is 0 Å².